The molecule has 5 rings (SSSR count). The lowest BCUT2D eigenvalue weighted by atomic mass is 9.79. The number of aromatic nitrogens is 1. The van der Waals surface area contributed by atoms with Crippen LogP contribution in [0, 0.1) is 11.3 Å². The summed E-state index contributed by atoms with van der Waals surface area (Å²) in [5.74, 6) is 0.654. The number of hydrogen-bond donors (Lipinski definition) is 2. The lowest BCUT2D eigenvalue weighted by Gasteiger charge is -2.26. The number of rotatable bonds is 6. The lowest BCUT2D eigenvalue weighted by Crippen LogP contribution is -2.23. The standard InChI is InChI=1S/C24H23F3N2O2/c25-24(26,27)16-3-5-17(6-4-16)31-11-8-15-2-7-20-18(12-15)21(14-28-20)29-22(30)19-13-23(19)9-1-10-23/h2-7,12,14,19,28H,1,8-11,13H2,(H,29,30). The van der Waals surface area contributed by atoms with E-state index < -0.39 is 11.7 Å². The van der Waals surface area contributed by atoms with E-state index in [0.29, 0.717) is 18.8 Å². The molecule has 0 radical (unpaired) electrons. The molecule has 4 nitrogen and oxygen atoms in total. The third-order valence-corrected chi connectivity index (χ3v) is 6.70. The molecule has 1 heterocycles. The molecule has 162 valence electrons. The quantitative estimate of drug-likeness (QED) is 0.511. The number of anilines is 1. The highest BCUT2D eigenvalue weighted by Gasteiger charge is 2.60. The average molecular weight is 428 g/mol. The van der Waals surface area contributed by atoms with Crippen molar-refractivity contribution in [3.05, 3.63) is 59.8 Å². The molecule has 3 aromatic rings. The summed E-state index contributed by atoms with van der Waals surface area (Å²) in [5.41, 5.74) is 2.35. The van der Waals surface area contributed by atoms with E-state index >= 15 is 0 Å². The molecule has 2 aliphatic carbocycles. The van der Waals surface area contributed by atoms with E-state index in [0.717, 1.165) is 40.7 Å². The Morgan fingerprint density at radius 1 is 1.16 bits per heavy atom. The van der Waals surface area contributed by atoms with E-state index in [2.05, 4.69) is 10.3 Å². The molecule has 1 aromatic heterocycles. The van der Waals surface area contributed by atoms with Crippen molar-refractivity contribution in [2.45, 2.75) is 38.3 Å². The molecule has 2 aromatic carbocycles. The van der Waals surface area contributed by atoms with E-state index in [1.54, 1.807) is 0 Å². The van der Waals surface area contributed by atoms with Gasteiger partial charge in [-0.05, 0) is 66.6 Å². The van der Waals surface area contributed by atoms with Crippen LogP contribution < -0.4 is 10.1 Å². The zero-order chi connectivity index (χ0) is 21.6. The molecule has 1 amide bonds. The fourth-order valence-corrected chi connectivity index (χ4v) is 4.58. The zero-order valence-electron chi connectivity index (χ0n) is 16.9. The van der Waals surface area contributed by atoms with Crippen molar-refractivity contribution >= 4 is 22.5 Å². The number of nitrogens with one attached hydrogen (secondary N) is 2. The third-order valence-electron chi connectivity index (χ3n) is 6.70. The van der Waals surface area contributed by atoms with Crippen molar-refractivity contribution in [1.29, 1.82) is 0 Å². The highest BCUT2D eigenvalue weighted by Crippen LogP contribution is 2.65. The summed E-state index contributed by atoms with van der Waals surface area (Å²) in [6.07, 6.45) is 2.64. The summed E-state index contributed by atoms with van der Waals surface area (Å²) >= 11 is 0. The molecule has 0 saturated heterocycles. The molecule has 2 saturated carbocycles. The number of alkyl halides is 3. The van der Waals surface area contributed by atoms with Gasteiger partial charge in [0.05, 0.1) is 17.9 Å². The van der Waals surface area contributed by atoms with Gasteiger partial charge in [0.25, 0.3) is 0 Å². The minimum absolute atomic E-state index is 0.108. The second-order valence-electron chi connectivity index (χ2n) is 8.66. The van der Waals surface area contributed by atoms with Crippen molar-refractivity contribution < 1.29 is 22.7 Å². The van der Waals surface area contributed by atoms with Gasteiger partial charge in [0, 0.05) is 29.4 Å². The second kappa shape index (κ2) is 7.32. The Bertz CT molecular complexity index is 1110. The number of amides is 1. The van der Waals surface area contributed by atoms with Gasteiger partial charge in [-0.3, -0.25) is 4.79 Å². The van der Waals surface area contributed by atoms with Crippen molar-refractivity contribution in [2.24, 2.45) is 11.3 Å². The van der Waals surface area contributed by atoms with E-state index in [1.165, 1.54) is 31.4 Å². The predicted molar refractivity (Wildman–Crippen MR) is 112 cm³/mol. The van der Waals surface area contributed by atoms with Crippen LogP contribution in [0.5, 0.6) is 5.75 Å². The van der Waals surface area contributed by atoms with Crippen molar-refractivity contribution in [2.75, 3.05) is 11.9 Å². The molecule has 2 fully saturated rings. The van der Waals surface area contributed by atoms with Crippen molar-refractivity contribution in [3.63, 3.8) is 0 Å². The molecule has 2 aliphatic rings. The molecule has 7 heteroatoms. The SMILES string of the molecule is O=C(Nc1c[nH]c2ccc(CCOc3ccc(C(F)(F)F)cc3)cc12)C1CC12CCC2. The number of H-pyrrole nitrogens is 1. The Hall–Kier alpha value is -2.96. The normalized spacial score (nSPS) is 19.3. The number of hydrogen-bond acceptors (Lipinski definition) is 2. The van der Waals surface area contributed by atoms with E-state index in [1.807, 2.05) is 24.4 Å². The first-order valence-corrected chi connectivity index (χ1v) is 10.6. The molecule has 0 bridgehead atoms. The van der Waals surface area contributed by atoms with Gasteiger partial charge >= 0.3 is 6.18 Å². The summed E-state index contributed by atoms with van der Waals surface area (Å²) in [6.45, 7) is 0.341. The fourth-order valence-electron chi connectivity index (χ4n) is 4.58. The van der Waals surface area contributed by atoms with Crippen LogP contribution in [-0.2, 0) is 17.4 Å². The van der Waals surface area contributed by atoms with Gasteiger partial charge in [-0.1, -0.05) is 12.5 Å². The van der Waals surface area contributed by atoms with Gasteiger partial charge in [-0.15, -0.1) is 0 Å². The lowest BCUT2D eigenvalue weighted by molar-refractivity contribution is -0.137. The molecule has 31 heavy (non-hydrogen) atoms. The summed E-state index contributed by atoms with van der Waals surface area (Å²) < 4.78 is 43.5. The summed E-state index contributed by atoms with van der Waals surface area (Å²) in [4.78, 5) is 15.8. The van der Waals surface area contributed by atoms with Crippen LogP contribution in [0.25, 0.3) is 10.9 Å². The Kier molecular flexibility index (Phi) is 4.72. The predicted octanol–water partition coefficient (Wildman–Crippen LogP) is 5.94. The van der Waals surface area contributed by atoms with Crippen LogP contribution in [0.2, 0.25) is 0 Å². The highest BCUT2D eigenvalue weighted by molar-refractivity contribution is 6.03. The van der Waals surface area contributed by atoms with E-state index in [4.69, 9.17) is 4.74 Å². The number of aromatic amines is 1. The number of carbonyl (C=O) groups is 1. The largest absolute Gasteiger partial charge is 0.493 e. The number of halogens is 3. The van der Waals surface area contributed by atoms with Gasteiger partial charge in [-0.25, -0.2) is 0 Å². The first kappa shape index (κ1) is 20.0. The maximum absolute atomic E-state index is 12.6. The van der Waals surface area contributed by atoms with Crippen molar-refractivity contribution in [1.82, 2.24) is 4.98 Å². The minimum atomic E-state index is -4.35. The zero-order valence-corrected chi connectivity index (χ0v) is 16.9. The first-order valence-electron chi connectivity index (χ1n) is 10.6. The molecular formula is C24H23F3N2O2. The molecule has 2 N–H and O–H groups in total. The third kappa shape index (κ3) is 3.89. The van der Waals surface area contributed by atoms with Gasteiger partial charge in [0.1, 0.15) is 5.75 Å². The summed E-state index contributed by atoms with van der Waals surface area (Å²) in [7, 11) is 0. The maximum Gasteiger partial charge on any atom is 0.416 e. The summed E-state index contributed by atoms with van der Waals surface area (Å²) in [5, 5.41) is 4.03. The van der Waals surface area contributed by atoms with Crippen LogP contribution >= 0.6 is 0 Å². The number of carbonyl (C=O) groups excluding carboxylic acids is 1. The fraction of sp³-hybridized carbons (Fsp3) is 0.375. The van der Waals surface area contributed by atoms with Gasteiger partial charge in [-0.2, -0.15) is 13.2 Å². The van der Waals surface area contributed by atoms with Crippen LogP contribution in [-0.4, -0.2) is 17.5 Å². The summed E-state index contributed by atoms with van der Waals surface area (Å²) in [6, 6.07) is 10.7. The topological polar surface area (TPSA) is 54.1 Å². The van der Waals surface area contributed by atoms with E-state index in [9.17, 15) is 18.0 Å². The van der Waals surface area contributed by atoms with Crippen LogP contribution in [0.15, 0.2) is 48.7 Å². The molecule has 1 unspecified atom stereocenters. The van der Waals surface area contributed by atoms with Crippen LogP contribution in [0.3, 0.4) is 0 Å². The first-order chi connectivity index (χ1) is 14.8. The number of benzene rings is 2. The molecule has 0 aliphatic heterocycles. The number of ether oxygens (including phenoxy) is 1. The van der Waals surface area contributed by atoms with Gasteiger partial charge < -0.3 is 15.0 Å². The highest BCUT2D eigenvalue weighted by atomic mass is 19.4. The van der Waals surface area contributed by atoms with Gasteiger partial charge in [0.2, 0.25) is 5.91 Å². The Balaban J connectivity index is 1.21. The average Bonchev–Trinajstić information content (AvgIpc) is 3.38. The Labute approximate surface area is 177 Å². The van der Waals surface area contributed by atoms with E-state index in [-0.39, 0.29) is 17.2 Å². The van der Waals surface area contributed by atoms with Crippen LogP contribution in [0.1, 0.15) is 36.8 Å². The number of fused-ring (bicyclic) bond motifs is 1. The van der Waals surface area contributed by atoms with Gasteiger partial charge in [0.15, 0.2) is 0 Å². The maximum atomic E-state index is 12.6. The Morgan fingerprint density at radius 3 is 2.58 bits per heavy atom. The Morgan fingerprint density at radius 2 is 1.94 bits per heavy atom. The minimum Gasteiger partial charge on any atom is -0.493 e. The molecule has 1 atom stereocenters. The monoisotopic (exact) mass is 428 g/mol. The van der Waals surface area contributed by atoms with Crippen molar-refractivity contribution in [3.8, 4) is 5.75 Å². The second-order valence-corrected chi connectivity index (χ2v) is 8.66. The van der Waals surface area contributed by atoms with Crippen LogP contribution in [0.4, 0.5) is 18.9 Å². The smallest absolute Gasteiger partial charge is 0.416 e. The molecule has 1 spiro atoms. The molecular weight excluding hydrogens is 405 g/mol.